The molecule has 168 valence electrons. The van der Waals surface area contributed by atoms with E-state index in [2.05, 4.69) is 24.8 Å². The van der Waals surface area contributed by atoms with Crippen LogP contribution in [0.15, 0.2) is 61.1 Å². The molecule has 1 aliphatic heterocycles. The molecule has 1 aliphatic rings. The molecule has 5 rings (SSSR count). The van der Waals surface area contributed by atoms with Crippen molar-refractivity contribution in [2.45, 2.75) is 12.8 Å². The monoisotopic (exact) mass is 445 g/mol. The van der Waals surface area contributed by atoms with Crippen molar-refractivity contribution in [3.05, 3.63) is 72.4 Å². The fraction of sp³-hybridized carbons (Fsp3) is 0.292. The third kappa shape index (κ3) is 4.73. The number of carbonyl (C=O) groups is 1. The maximum atomic E-state index is 13.0. The van der Waals surface area contributed by atoms with Gasteiger partial charge in [-0.1, -0.05) is 0 Å². The number of benzene rings is 1. The highest BCUT2D eigenvalue weighted by Gasteiger charge is 2.21. The molecule has 1 aromatic carbocycles. The maximum absolute atomic E-state index is 13.0. The molecule has 0 N–H and O–H groups in total. The normalized spacial score (nSPS) is 14.6. The standard InChI is InChI=1S/C24H24FN7O/c25-20-5-3-19(4-6-20)22(33)2-1-13-30-14-16-31(17-15-30)24-28-23-27-12-9-21(32(23)29-24)18-7-10-26-11-8-18/h3-12H,1-2,13-17H2. The Hall–Kier alpha value is -3.72. The zero-order chi connectivity index (χ0) is 22.6. The van der Waals surface area contributed by atoms with E-state index in [0.717, 1.165) is 50.4 Å². The van der Waals surface area contributed by atoms with E-state index < -0.39 is 0 Å². The van der Waals surface area contributed by atoms with Gasteiger partial charge in [0.2, 0.25) is 5.95 Å². The number of anilines is 1. The second kappa shape index (κ2) is 9.41. The SMILES string of the molecule is O=C(CCCN1CCN(c2nc3nccc(-c4ccncc4)n3n2)CC1)c1ccc(F)cc1. The van der Waals surface area contributed by atoms with Crippen molar-refractivity contribution in [3.63, 3.8) is 0 Å². The topological polar surface area (TPSA) is 79.5 Å². The van der Waals surface area contributed by atoms with Gasteiger partial charge in [-0.05, 0) is 55.4 Å². The van der Waals surface area contributed by atoms with Gasteiger partial charge < -0.3 is 4.90 Å². The van der Waals surface area contributed by atoms with Crippen molar-refractivity contribution in [3.8, 4) is 11.3 Å². The first kappa shape index (κ1) is 21.1. The number of hydrogen-bond donors (Lipinski definition) is 0. The van der Waals surface area contributed by atoms with Crippen molar-refractivity contribution in [2.75, 3.05) is 37.6 Å². The predicted octanol–water partition coefficient (Wildman–Crippen LogP) is 3.11. The van der Waals surface area contributed by atoms with E-state index >= 15 is 0 Å². The molecule has 3 aromatic heterocycles. The minimum absolute atomic E-state index is 0.0556. The molecule has 0 aliphatic carbocycles. The average molecular weight is 446 g/mol. The fourth-order valence-electron chi connectivity index (χ4n) is 4.07. The third-order valence-electron chi connectivity index (χ3n) is 5.91. The van der Waals surface area contributed by atoms with Crippen molar-refractivity contribution in [1.29, 1.82) is 0 Å². The Morgan fingerprint density at radius 1 is 0.939 bits per heavy atom. The van der Waals surface area contributed by atoms with Crippen molar-refractivity contribution in [2.24, 2.45) is 0 Å². The fourth-order valence-corrected chi connectivity index (χ4v) is 4.07. The molecule has 0 radical (unpaired) electrons. The van der Waals surface area contributed by atoms with Crippen molar-refractivity contribution in [1.82, 2.24) is 29.5 Å². The Kier molecular flexibility index (Phi) is 6.03. The van der Waals surface area contributed by atoms with Crippen LogP contribution in [-0.2, 0) is 0 Å². The number of nitrogens with zero attached hydrogens (tertiary/aromatic N) is 7. The Bertz CT molecular complexity index is 1230. The number of Topliss-reactive ketones (excluding diaryl/α,β-unsaturated/α-hetero) is 1. The molecule has 0 bridgehead atoms. The number of hydrogen-bond acceptors (Lipinski definition) is 7. The van der Waals surface area contributed by atoms with E-state index in [1.165, 1.54) is 12.1 Å². The first-order valence-corrected chi connectivity index (χ1v) is 11.1. The van der Waals surface area contributed by atoms with Gasteiger partial charge >= 0.3 is 0 Å². The lowest BCUT2D eigenvalue weighted by Crippen LogP contribution is -2.47. The van der Waals surface area contributed by atoms with Gasteiger partial charge in [0.25, 0.3) is 5.78 Å². The molecule has 1 fully saturated rings. The lowest BCUT2D eigenvalue weighted by atomic mass is 10.1. The zero-order valence-electron chi connectivity index (χ0n) is 18.1. The number of ketones is 1. The number of pyridine rings is 1. The highest BCUT2D eigenvalue weighted by atomic mass is 19.1. The number of carbonyl (C=O) groups excluding carboxylic acids is 1. The van der Waals surface area contributed by atoms with Gasteiger partial charge in [0.05, 0.1) is 5.69 Å². The van der Waals surface area contributed by atoms with Crippen molar-refractivity contribution < 1.29 is 9.18 Å². The molecular weight excluding hydrogens is 421 g/mol. The molecule has 33 heavy (non-hydrogen) atoms. The van der Waals surface area contributed by atoms with Crippen LogP contribution in [0, 0.1) is 5.82 Å². The second-order valence-electron chi connectivity index (χ2n) is 8.05. The van der Waals surface area contributed by atoms with Gasteiger partial charge in [0.1, 0.15) is 5.82 Å². The summed E-state index contributed by atoms with van der Waals surface area (Å²) in [7, 11) is 0. The first-order valence-electron chi connectivity index (χ1n) is 11.1. The van der Waals surface area contributed by atoms with Crippen molar-refractivity contribution >= 4 is 17.5 Å². The van der Waals surface area contributed by atoms with Crippen LogP contribution in [0.1, 0.15) is 23.2 Å². The molecule has 8 nitrogen and oxygen atoms in total. The van der Waals surface area contributed by atoms with Crippen LogP contribution in [0.5, 0.6) is 0 Å². The number of aromatic nitrogens is 5. The molecule has 9 heteroatoms. The van der Waals surface area contributed by atoms with Gasteiger partial charge in [-0.2, -0.15) is 9.50 Å². The van der Waals surface area contributed by atoms with Crippen LogP contribution < -0.4 is 4.90 Å². The van der Waals surface area contributed by atoms with Gasteiger partial charge in [-0.3, -0.25) is 14.7 Å². The average Bonchev–Trinajstić information content (AvgIpc) is 3.30. The summed E-state index contributed by atoms with van der Waals surface area (Å²) in [4.78, 5) is 29.9. The highest BCUT2D eigenvalue weighted by molar-refractivity contribution is 5.95. The lowest BCUT2D eigenvalue weighted by molar-refractivity contribution is 0.0974. The Morgan fingerprint density at radius 3 is 2.45 bits per heavy atom. The zero-order valence-corrected chi connectivity index (χ0v) is 18.1. The molecule has 0 spiro atoms. The Labute approximate surface area is 190 Å². The summed E-state index contributed by atoms with van der Waals surface area (Å²) in [5.74, 6) is 0.977. The van der Waals surface area contributed by atoms with Gasteiger partial charge in [-0.25, -0.2) is 9.37 Å². The predicted molar refractivity (Wildman–Crippen MR) is 123 cm³/mol. The summed E-state index contributed by atoms with van der Waals surface area (Å²) in [6.07, 6.45) is 6.50. The van der Waals surface area contributed by atoms with Crippen LogP contribution in [0.2, 0.25) is 0 Å². The van der Waals surface area contributed by atoms with E-state index in [-0.39, 0.29) is 11.6 Å². The lowest BCUT2D eigenvalue weighted by Gasteiger charge is -2.33. The smallest absolute Gasteiger partial charge is 0.254 e. The number of fused-ring (bicyclic) bond motifs is 1. The van der Waals surface area contributed by atoms with E-state index in [0.29, 0.717) is 23.7 Å². The molecule has 1 saturated heterocycles. The van der Waals surface area contributed by atoms with Crippen LogP contribution in [0.3, 0.4) is 0 Å². The summed E-state index contributed by atoms with van der Waals surface area (Å²) >= 11 is 0. The van der Waals surface area contributed by atoms with E-state index in [1.54, 1.807) is 35.2 Å². The molecule has 0 atom stereocenters. The van der Waals surface area contributed by atoms with Gasteiger partial charge in [0, 0.05) is 62.3 Å². The van der Waals surface area contributed by atoms with E-state index in [1.807, 2.05) is 18.2 Å². The Balaban J connectivity index is 1.17. The van der Waals surface area contributed by atoms with Crippen LogP contribution in [-0.4, -0.2) is 68.0 Å². The Morgan fingerprint density at radius 2 is 1.70 bits per heavy atom. The van der Waals surface area contributed by atoms with Gasteiger partial charge in [-0.15, -0.1) is 5.10 Å². The van der Waals surface area contributed by atoms with Crippen LogP contribution >= 0.6 is 0 Å². The second-order valence-corrected chi connectivity index (χ2v) is 8.05. The van der Waals surface area contributed by atoms with Crippen LogP contribution in [0.25, 0.3) is 17.0 Å². The highest BCUT2D eigenvalue weighted by Crippen LogP contribution is 2.20. The summed E-state index contributed by atoms with van der Waals surface area (Å²) in [6, 6.07) is 11.6. The first-order chi connectivity index (χ1) is 16.2. The minimum Gasteiger partial charge on any atom is -0.337 e. The third-order valence-corrected chi connectivity index (χ3v) is 5.91. The van der Waals surface area contributed by atoms with E-state index in [4.69, 9.17) is 5.10 Å². The molecular formula is C24H24FN7O. The summed E-state index contributed by atoms with van der Waals surface area (Å²) in [5, 5.41) is 4.72. The molecule has 4 heterocycles. The summed E-state index contributed by atoms with van der Waals surface area (Å²) < 4.78 is 14.8. The number of rotatable bonds is 7. The molecule has 0 unspecified atom stereocenters. The molecule has 4 aromatic rings. The largest absolute Gasteiger partial charge is 0.337 e. The number of piperazine rings is 1. The molecule has 0 saturated carbocycles. The van der Waals surface area contributed by atoms with Crippen LogP contribution in [0.4, 0.5) is 10.3 Å². The minimum atomic E-state index is -0.325. The van der Waals surface area contributed by atoms with E-state index in [9.17, 15) is 9.18 Å². The quantitative estimate of drug-likeness (QED) is 0.405. The van der Waals surface area contributed by atoms with Gasteiger partial charge in [0.15, 0.2) is 5.78 Å². The molecule has 0 amide bonds. The maximum Gasteiger partial charge on any atom is 0.254 e. The summed E-state index contributed by atoms with van der Waals surface area (Å²) in [5.41, 5.74) is 2.50. The summed E-state index contributed by atoms with van der Waals surface area (Å²) in [6.45, 7) is 4.24. The number of halogens is 1.